The largest absolute Gasteiger partial charge is 0.493 e. The highest BCUT2D eigenvalue weighted by molar-refractivity contribution is 5.95. The molecule has 2 fully saturated rings. The van der Waals surface area contributed by atoms with Gasteiger partial charge in [0.2, 0.25) is 5.75 Å². The van der Waals surface area contributed by atoms with E-state index in [0.29, 0.717) is 28.2 Å². The van der Waals surface area contributed by atoms with Crippen LogP contribution in [0.5, 0.6) is 17.2 Å². The molecule has 0 atom stereocenters. The number of nitrogens with zero attached hydrogens (tertiary/aromatic N) is 1. The van der Waals surface area contributed by atoms with Gasteiger partial charge in [-0.15, -0.1) is 12.4 Å². The molecule has 1 N–H and O–H groups in total. The van der Waals surface area contributed by atoms with Crippen LogP contribution in [0.3, 0.4) is 0 Å². The lowest BCUT2D eigenvalue weighted by molar-refractivity contribution is 0.0607. The van der Waals surface area contributed by atoms with E-state index in [2.05, 4.69) is 5.32 Å². The van der Waals surface area contributed by atoms with Crippen molar-refractivity contribution in [3.8, 4) is 17.2 Å². The van der Waals surface area contributed by atoms with Crippen molar-refractivity contribution < 1.29 is 19.0 Å². The Kier molecular flexibility index (Phi) is 6.41. The topological polar surface area (TPSA) is 60.0 Å². The fraction of sp³-hybridized carbons (Fsp3) is 0.611. The molecule has 1 aromatic rings. The van der Waals surface area contributed by atoms with Gasteiger partial charge in [-0.05, 0) is 43.4 Å². The molecule has 25 heavy (non-hydrogen) atoms. The van der Waals surface area contributed by atoms with Crippen LogP contribution in [0.1, 0.15) is 29.6 Å². The van der Waals surface area contributed by atoms with Crippen LogP contribution in [0.25, 0.3) is 0 Å². The summed E-state index contributed by atoms with van der Waals surface area (Å²) >= 11 is 0. The zero-order valence-corrected chi connectivity index (χ0v) is 15.9. The van der Waals surface area contributed by atoms with Crippen LogP contribution in [0.2, 0.25) is 0 Å². The van der Waals surface area contributed by atoms with Gasteiger partial charge in [-0.2, -0.15) is 0 Å². The van der Waals surface area contributed by atoms with Gasteiger partial charge in [0.05, 0.1) is 21.3 Å². The van der Waals surface area contributed by atoms with Gasteiger partial charge in [0.25, 0.3) is 5.91 Å². The SMILES string of the molecule is COc1cc(C(=O)N2CCC3(CCNC3)CC2)cc(OC)c1OC.Cl. The fourth-order valence-corrected chi connectivity index (χ4v) is 3.79. The van der Waals surface area contributed by atoms with Crippen LogP contribution in [0.15, 0.2) is 12.1 Å². The molecular formula is C18H27ClN2O4. The van der Waals surface area contributed by atoms with Crippen LogP contribution in [-0.2, 0) is 0 Å². The maximum Gasteiger partial charge on any atom is 0.254 e. The van der Waals surface area contributed by atoms with Crippen molar-refractivity contribution in [2.75, 3.05) is 47.5 Å². The molecule has 3 rings (SSSR count). The van der Waals surface area contributed by atoms with Crippen molar-refractivity contribution in [2.45, 2.75) is 19.3 Å². The summed E-state index contributed by atoms with van der Waals surface area (Å²) < 4.78 is 16.0. The Bertz CT molecular complexity index is 582. The highest BCUT2D eigenvalue weighted by atomic mass is 35.5. The Balaban J connectivity index is 0.00000225. The molecule has 2 heterocycles. The lowest BCUT2D eigenvalue weighted by Crippen LogP contribution is -2.44. The van der Waals surface area contributed by atoms with Crippen molar-refractivity contribution in [3.63, 3.8) is 0 Å². The summed E-state index contributed by atoms with van der Waals surface area (Å²) in [6.07, 6.45) is 3.35. The molecule has 0 unspecified atom stereocenters. The molecule has 0 bridgehead atoms. The van der Waals surface area contributed by atoms with E-state index in [-0.39, 0.29) is 18.3 Å². The first-order chi connectivity index (χ1) is 11.6. The normalized spacial score (nSPS) is 18.6. The number of halogens is 1. The fourth-order valence-electron chi connectivity index (χ4n) is 3.79. The third kappa shape index (κ3) is 3.80. The second-order valence-corrected chi connectivity index (χ2v) is 6.63. The molecular weight excluding hydrogens is 344 g/mol. The number of hydrogen-bond acceptors (Lipinski definition) is 5. The van der Waals surface area contributed by atoms with E-state index in [9.17, 15) is 4.79 Å². The Hall–Kier alpha value is -1.66. The number of benzene rings is 1. The summed E-state index contributed by atoms with van der Waals surface area (Å²) in [5.41, 5.74) is 0.969. The quantitative estimate of drug-likeness (QED) is 0.881. The molecule has 2 aliphatic heterocycles. The van der Waals surface area contributed by atoms with Crippen LogP contribution in [-0.4, -0.2) is 58.3 Å². The molecule has 1 aromatic carbocycles. The molecule has 0 aliphatic carbocycles. The van der Waals surface area contributed by atoms with Crippen LogP contribution >= 0.6 is 12.4 Å². The van der Waals surface area contributed by atoms with Crippen molar-refractivity contribution in [2.24, 2.45) is 5.41 Å². The first-order valence-electron chi connectivity index (χ1n) is 8.42. The summed E-state index contributed by atoms with van der Waals surface area (Å²) in [5, 5.41) is 3.45. The number of rotatable bonds is 4. The smallest absolute Gasteiger partial charge is 0.254 e. The van der Waals surface area contributed by atoms with Crippen molar-refractivity contribution in [1.82, 2.24) is 10.2 Å². The van der Waals surface area contributed by atoms with E-state index < -0.39 is 0 Å². The predicted octanol–water partition coefficient (Wildman–Crippen LogP) is 2.35. The van der Waals surface area contributed by atoms with E-state index in [4.69, 9.17) is 14.2 Å². The lowest BCUT2D eigenvalue weighted by Gasteiger charge is -2.39. The maximum absolute atomic E-state index is 12.9. The number of nitrogens with one attached hydrogen (secondary N) is 1. The van der Waals surface area contributed by atoms with Gasteiger partial charge in [-0.1, -0.05) is 0 Å². The molecule has 7 heteroatoms. The Morgan fingerprint density at radius 1 is 1.04 bits per heavy atom. The molecule has 0 aromatic heterocycles. The van der Waals surface area contributed by atoms with E-state index >= 15 is 0 Å². The Labute approximate surface area is 155 Å². The average Bonchev–Trinajstić information content (AvgIpc) is 3.08. The zero-order valence-electron chi connectivity index (χ0n) is 15.1. The first-order valence-corrected chi connectivity index (χ1v) is 8.42. The molecule has 140 valence electrons. The molecule has 0 saturated carbocycles. The van der Waals surface area contributed by atoms with Gasteiger partial charge >= 0.3 is 0 Å². The van der Waals surface area contributed by atoms with Gasteiger partial charge in [-0.3, -0.25) is 4.79 Å². The first kappa shape index (κ1) is 19.7. The Morgan fingerprint density at radius 2 is 1.64 bits per heavy atom. The van der Waals surface area contributed by atoms with Crippen LogP contribution in [0.4, 0.5) is 0 Å². The summed E-state index contributed by atoms with van der Waals surface area (Å²) in [6.45, 7) is 3.79. The van der Waals surface area contributed by atoms with E-state index in [1.807, 2.05) is 4.90 Å². The van der Waals surface area contributed by atoms with Gasteiger partial charge in [0.1, 0.15) is 0 Å². The van der Waals surface area contributed by atoms with E-state index in [0.717, 1.165) is 39.0 Å². The third-order valence-corrected chi connectivity index (χ3v) is 5.36. The molecule has 2 aliphatic rings. The highest BCUT2D eigenvalue weighted by Gasteiger charge is 2.38. The maximum atomic E-state index is 12.9. The Morgan fingerprint density at radius 3 is 2.08 bits per heavy atom. The number of ether oxygens (including phenoxy) is 3. The predicted molar refractivity (Wildman–Crippen MR) is 98.4 cm³/mol. The van der Waals surface area contributed by atoms with Gasteiger partial charge in [-0.25, -0.2) is 0 Å². The summed E-state index contributed by atoms with van der Waals surface area (Å²) in [6, 6.07) is 3.45. The van der Waals surface area contributed by atoms with Crippen molar-refractivity contribution in [3.05, 3.63) is 17.7 Å². The van der Waals surface area contributed by atoms with Gasteiger partial charge in [0.15, 0.2) is 11.5 Å². The average molecular weight is 371 g/mol. The number of methoxy groups -OCH3 is 3. The minimum atomic E-state index is 0. The highest BCUT2D eigenvalue weighted by Crippen LogP contribution is 2.40. The second-order valence-electron chi connectivity index (χ2n) is 6.63. The monoisotopic (exact) mass is 370 g/mol. The molecule has 0 radical (unpaired) electrons. The minimum absolute atomic E-state index is 0. The summed E-state index contributed by atoms with van der Waals surface area (Å²) in [4.78, 5) is 14.8. The lowest BCUT2D eigenvalue weighted by atomic mass is 9.78. The number of hydrogen-bond donors (Lipinski definition) is 1. The van der Waals surface area contributed by atoms with E-state index in [1.165, 1.54) is 6.42 Å². The summed E-state index contributed by atoms with van der Waals surface area (Å²) in [7, 11) is 4.67. The number of amides is 1. The van der Waals surface area contributed by atoms with Crippen LogP contribution < -0.4 is 19.5 Å². The molecule has 6 nitrogen and oxygen atoms in total. The third-order valence-electron chi connectivity index (χ3n) is 5.36. The number of likely N-dealkylation sites (tertiary alicyclic amines) is 1. The standard InChI is InChI=1S/C18H26N2O4.ClH/c1-22-14-10-13(11-15(23-2)16(14)24-3)17(21)20-8-5-18(6-9-20)4-7-19-12-18;/h10-11,19H,4-9,12H2,1-3H3;1H. The van der Waals surface area contributed by atoms with Gasteiger partial charge < -0.3 is 24.4 Å². The van der Waals surface area contributed by atoms with Crippen molar-refractivity contribution >= 4 is 18.3 Å². The van der Waals surface area contributed by atoms with Gasteiger partial charge in [0, 0.05) is 25.2 Å². The number of carbonyl (C=O) groups is 1. The molecule has 1 spiro atoms. The van der Waals surface area contributed by atoms with Crippen molar-refractivity contribution in [1.29, 1.82) is 0 Å². The second kappa shape index (κ2) is 8.15. The number of piperidine rings is 1. The minimum Gasteiger partial charge on any atom is -0.493 e. The molecule has 1 amide bonds. The van der Waals surface area contributed by atoms with E-state index in [1.54, 1.807) is 33.5 Å². The van der Waals surface area contributed by atoms with Crippen LogP contribution in [0, 0.1) is 5.41 Å². The zero-order chi connectivity index (χ0) is 17.2. The number of carbonyl (C=O) groups excluding carboxylic acids is 1. The molecule has 2 saturated heterocycles. The summed E-state index contributed by atoms with van der Waals surface area (Å²) in [5.74, 6) is 1.54.